The monoisotopic (exact) mass is 365 g/mol. The molecule has 3 rings (SSSR count). The molecule has 0 unspecified atom stereocenters. The largest absolute Gasteiger partial charge is 0.493 e. The smallest absolute Gasteiger partial charge is 0.340 e. The average Bonchev–Trinajstić information content (AvgIpc) is 3.05. The van der Waals surface area contributed by atoms with Crippen molar-refractivity contribution in [2.45, 2.75) is 13.8 Å². The number of carbonyl (C=O) groups excluding carboxylic acids is 1. The Labute approximate surface area is 159 Å². The molecule has 2 aromatic carbocycles. The highest BCUT2D eigenvalue weighted by Crippen LogP contribution is 2.39. The van der Waals surface area contributed by atoms with Crippen molar-refractivity contribution in [1.29, 1.82) is 0 Å². The van der Waals surface area contributed by atoms with Crippen molar-refractivity contribution in [2.24, 2.45) is 0 Å². The molecule has 0 amide bonds. The van der Waals surface area contributed by atoms with E-state index in [1.165, 1.54) is 0 Å². The number of para-hydroxylation sites is 1. The lowest BCUT2D eigenvalue weighted by Crippen LogP contribution is -2.08. The molecule has 0 fully saturated rings. The van der Waals surface area contributed by atoms with Gasteiger partial charge in [0.25, 0.3) is 0 Å². The molecule has 5 nitrogen and oxygen atoms in total. The van der Waals surface area contributed by atoms with E-state index in [0.717, 1.165) is 22.6 Å². The molecule has 0 atom stereocenters. The number of carbonyl (C=O) groups is 1. The van der Waals surface area contributed by atoms with Gasteiger partial charge in [0.15, 0.2) is 11.5 Å². The molecule has 0 saturated carbocycles. The number of ether oxygens (including phenoxy) is 3. The van der Waals surface area contributed by atoms with Crippen LogP contribution in [0.15, 0.2) is 54.6 Å². The number of benzene rings is 2. The predicted octanol–water partition coefficient (Wildman–Crippen LogP) is 4.65. The lowest BCUT2D eigenvalue weighted by Gasteiger charge is -2.18. The van der Waals surface area contributed by atoms with Crippen LogP contribution < -0.4 is 9.47 Å². The summed E-state index contributed by atoms with van der Waals surface area (Å²) in [5.74, 6) is 0.881. The van der Waals surface area contributed by atoms with Gasteiger partial charge in [0.2, 0.25) is 0 Å². The Morgan fingerprint density at radius 3 is 2.37 bits per heavy atom. The van der Waals surface area contributed by atoms with Crippen LogP contribution in [0.2, 0.25) is 0 Å². The molecule has 5 heteroatoms. The van der Waals surface area contributed by atoms with Crippen molar-refractivity contribution in [3.05, 3.63) is 65.9 Å². The molecule has 27 heavy (non-hydrogen) atoms. The Bertz CT molecular complexity index is 944. The number of hydrogen-bond acceptors (Lipinski definition) is 4. The molecule has 0 aliphatic rings. The molecule has 0 bridgehead atoms. The molecule has 0 spiro atoms. The first-order valence-electron chi connectivity index (χ1n) is 8.78. The minimum atomic E-state index is -0.347. The van der Waals surface area contributed by atoms with E-state index in [2.05, 4.69) is 0 Å². The van der Waals surface area contributed by atoms with Gasteiger partial charge in [0.1, 0.15) is 0 Å². The second kappa shape index (κ2) is 7.99. The zero-order valence-corrected chi connectivity index (χ0v) is 16.0. The highest BCUT2D eigenvalue weighted by Gasteiger charge is 2.24. The summed E-state index contributed by atoms with van der Waals surface area (Å²) in [5, 5.41) is 0. The number of esters is 1. The Kier molecular flexibility index (Phi) is 5.50. The van der Waals surface area contributed by atoms with Gasteiger partial charge in [0.05, 0.1) is 37.8 Å². The van der Waals surface area contributed by atoms with Crippen LogP contribution in [0.25, 0.3) is 16.9 Å². The SMILES string of the molecule is CCOC(=O)c1cc(C)n(-c2cccc(OC)c2OC)c1-c1ccccc1. The van der Waals surface area contributed by atoms with Gasteiger partial charge in [-0.3, -0.25) is 0 Å². The van der Waals surface area contributed by atoms with E-state index >= 15 is 0 Å². The van der Waals surface area contributed by atoms with Gasteiger partial charge in [-0.1, -0.05) is 36.4 Å². The van der Waals surface area contributed by atoms with E-state index in [0.29, 0.717) is 23.7 Å². The molecular weight excluding hydrogens is 342 g/mol. The third kappa shape index (κ3) is 3.40. The summed E-state index contributed by atoms with van der Waals surface area (Å²) in [7, 11) is 3.21. The molecule has 0 aliphatic carbocycles. The fraction of sp³-hybridized carbons (Fsp3) is 0.227. The first kappa shape index (κ1) is 18.6. The van der Waals surface area contributed by atoms with E-state index in [9.17, 15) is 4.79 Å². The standard InChI is InChI=1S/C22H23NO4/c1-5-27-22(24)17-14-15(2)23(20(17)16-10-7-6-8-11-16)18-12-9-13-19(25-3)21(18)26-4/h6-14H,5H2,1-4H3. The van der Waals surface area contributed by atoms with Crippen LogP contribution in [-0.4, -0.2) is 31.4 Å². The Balaban J connectivity index is 2.33. The highest BCUT2D eigenvalue weighted by atomic mass is 16.5. The topological polar surface area (TPSA) is 49.7 Å². The van der Waals surface area contributed by atoms with E-state index in [1.54, 1.807) is 21.1 Å². The maximum absolute atomic E-state index is 12.6. The molecule has 1 heterocycles. The van der Waals surface area contributed by atoms with Crippen LogP contribution in [0.5, 0.6) is 11.5 Å². The van der Waals surface area contributed by atoms with Crippen LogP contribution in [0, 0.1) is 6.92 Å². The van der Waals surface area contributed by atoms with Gasteiger partial charge in [-0.05, 0) is 37.6 Å². The quantitative estimate of drug-likeness (QED) is 0.597. The molecule has 1 aromatic heterocycles. The fourth-order valence-corrected chi connectivity index (χ4v) is 3.24. The van der Waals surface area contributed by atoms with Crippen molar-refractivity contribution in [3.8, 4) is 28.4 Å². The summed E-state index contributed by atoms with van der Waals surface area (Å²) in [4.78, 5) is 12.6. The van der Waals surface area contributed by atoms with Gasteiger partial charge in [-0.25, -0.2) is 4.79 Å². The number of aryl methyl sites for hydroxylation is 1. The molecule has 3 aromatic rings. The Morgan fingerprint density at radius 2 is 1.74 bits per heavy atom. The molecule has 0 radical (unpaired) electrons. The summed E-state index contributed by atoms with van der Waals surface area (Å²) in [6, 6.07) is 17.3. The summed E-state index contributed by atoms with van der Waals surface area (Å²) in [6.07, 6.45) is 0. The highest BCUT2D eigenvalue weighted by molar-refractivity contribution is 5.97. The second-order valence-corrected chi connectivity index (χ2v) is 5.98. The molecule has 0 aliphatic heterocycles. The van der Waals surface area contributed by atoms with Crippen molar-refractivity contribution < 1.29 is 19.0 Å². The van der Waals surface area contributed by atoms with Crippen molar-refractivity contribution in [1.82, 2.24) is 4.57 Å². The summed E-state index contributed by atoms with van der Waals surface area (Å²) < 4.78 is 18.4. The number of nitrogens with zero attached hydrogens (tertiary/aromatic N) is 1. The van der Waals surface area contributed by atoms with Gasteiger partial charge in [-0.2, -0.15) is 0 Å². The number of hydrogen-bond donors (Lipinski definition) is 0. The van der Waals surface area contributed by atoms with Crippen molar-refractivity contribution in [2.75, 3.05) is 20.8 Å². The molecule has 0 N–H and O–H groups in total. The minimum Gasteiger partial charge on any atom is -0.493 e. The number of aromatic nitrogens is 1. The molecule has 140 valence electrons. The summed E-state index contributed by atoms with van der Waals surface area (Å²) >= 11 is 0. The van der Waals surface area contributed by atoms with E-state index in [-0.39, 0.29) is 5.97 Å². The zero-order valence-electron chi connectivity index (χ0n) is 16.0. The van der Waals surface area contributed by atoms with Crippen LogP contribution in [0.4, 0.5) is 0 Å². The van der Waals surface area contributed by atoms with Crippen LogP contribution >= 0.6 is 0 Å². The van der Waals surface area contributed by atoms with Gasteiger partial charge in [0, 0.05) is 5.69 Å². The number of methoxy groups -OCH3 is 2. The van der Waals surface area contributed by atoms with E-state index in [1.807, 2.05) is 66.1 Å². The van der Waals surface area contributed by atoms with Crippen LogP contribution in [-0.2, 0) is 4.74 Å². The lowest BCUT2D eigenvalue weighted by atomic mass is 10.1. The minimum absolute atomic E-state index is 0.319. The third-order valence-corrected chi connectivity index (χ3v) is 4.35. The van der Waals surface area contributed by atoms with Gasteiger partial charge >= 0.3 is 5.97 Å². The summed E-state index contributed by atoms with van der Waals surface area (Å²) in [5.41, 5.74) is 3.88. The summed E-state index contributed by atoms with van der Waals surface area (Å²) in [6.45, 7) is 4.07. The van der Waals surface area contributed by atoms with E-state index in [4.69, 9.17) is 14.2 Å². The maximum atomic E-state index is 12.6. The Hall–Kier alpha value is -3.21. The number of rotatable bonds is 6. The van der Waals surface area contributed by atoms with Gasteiger partial charge < -0.3 is 18.8 Å². The normalized spacial score (nSPS) is 10.5. The van der Waals surface area contributed by atoms with Gasteiger partial charge in [-0.15, -0.1) is 0 Å². The Morgan fingerprint density at radius 1 is 1.00 bits per heavy atom. The van der Waals surface area contributed by atoms with Crippen molar-refractivity contribution >= 4 is 5.97 Å². The zero-order chi connectivity index (χ0) is 19.4. The maximum Gasteiger partial charge on any atom is 0.340 e. The first-order chi connectivity index (χ1) is 13.1. The van der Waals surface area contributed by atoms with Crippen molar-refractivity contribution in [3.63, 3.8) is 0 Å². The second-order valence-electron chi connectivity index (χ2n) is 5.98. The predicted molar refractivity (Wildman–Crippen MR) is 105 cm³/mol. The van der Waals surface area contributed by atoms with Crippen LogP contribution in [0.3, 0.4) is 0 Å². The first-order valence-corrected chi connectivity index (χ1v) is 8.78. The fourth-order valence-electron chi connectivity index (χ4n) is 3.24. The van der Waals surface area contributed by atoms with E-state index < -0.39 is 0 Å². The lowest BCUT2D eigenvalue weighted by molar-refractivity contribution is 0.0527. The van der Waals surface area contributed by atoms with Crippen LogP contribution in [0.1, 0.15) is 23.0 Å². The average molecular weight is 365 g/mol. The molecular formula is C22H23NO4. The third-order valence-electron chi connectivity index (χ3n) is 4.35. The molecule has 0 saturated heterocycles.